The average molecular weight is 232 g/mol. The van der Waals surface area contributed by atoms with Gasteiger partial charge >= 0.3 is 0 Å². The summed E-state index contributed by atoms with van der Waals surface area (Å²) in [6, 6.07) is 11.8. The van der Waals surface area contributed by atoms with Crippen LogP contribution in [0, 0.1) is 0 Å². The van der Waals surface area contributed by atoms with Crippen molar-refractivity contribution in [2.24, 2.45) is 0 Å². The Labute approximate surface area is 106 Å². The fourth-order valence-electron chi connectivity index (χ4n) is 3.12. The fraction of sp³-hybridized carbons (Fsp3) is 0.625. The van der Waals surface area contributed by atoms with E-state index in [4.69, 9.17) is 0 Å². The molecule has 94 valence electrons. The molecule has 1 heterocycles. The fourth-order valence-corrected chi connectivity index (χ4v) is 3.12. The Morgan fingerprint density at radius 3 is 2.06 bits per heavy atom. The highest BCUT2D eigenvalue weighted by atomic mass is 15.4. The van der Waals surface area contributed by atoms with Crippen LogP contribution in [0.1, 0.15) is 45.1 Å². The monoisotopic (exact) mass is 232 g/mol. The van der Waals surface area contributed by atoms with Gasteiger partial charge in [0.2, 0.25) is 0 Å². The standard InChI is InChI=1S/C16H26N/c1-15(2)17(12-8-3-4-9-13-17)14-16-10-6-5-7-11-16/h5-7,10-11,15H,3-4,8-9,12-14H2,1-2H3/q+1. The van der Waals surface area contributed by atoms with Crippen LogP contribution in [0.4, 0.5) is 0 Å². The minimum atomic E-state index is 0.744. The van der Waals surface area contributed by atoms with Crippen molar-refractivity contribution in [2.75, 3.05) is 13.1 Å². The molecule has 1 aliphatic rings. The lowest BCUT2D eigenvalue weighted by atomic mass is 10.1. The van der Waals surface area contributed by atoms with Crippen molar-refractivity contribution in [1.82, 2.24) is 0 Å². The van der Waals surface area contributed by atoms with Crippen LogP contribution < -0.4 is 0 Å². The summed E-state index contributed by atoms with van der Waals surface area (Å²) in [5, 5.41) is 0. The van der Waals surface area contributed by atoms with E-state index in [2.05, 4.69) is 44.2 Å². The predicted molar refractivity (Wildman–Crippen MR) is 73.7 cm³/mol. The lowest BCUT2D eigenvalue weighted by Crippen LogP contribution is -2.52. The third kappa shape index (κ3) is 3.10. The molecule has 0 saturated carbocycles. The minimum absolute atomic E-state index is 0.744. The van der Waals surface area contributed by atoms with E-state index in [9.17, 15) is 0 Å². The molecule has 0 amide bonds. The number of hydrogen-bond donors (Lipinski definition) is 0. The second-order valence-corrected chi connectivity index (χ2v) is 5.82. The molecule has 1 saturated heterocycles. The number of likely N-dealkylation sites (tertiary alicyclic amines) is 1. The van der Waals surface area contributed by atoms with Crippen LogP contribution in [0.5, 0.6) is 0 Å². The summed E-state index contributed by atoms with van der Waals surface area (Å²) in [7, 11) is 0. The Hall–Kier alpha value is -0.820. The van der Waals surface area contributed by atoms with Gasteiger partial charge in [-0.15, -0.1) is 0 Å². The van der Waals surface area contributed by atoms with Crippen LogP contribution in [-0.2, 0) is 6.54 Å². The second kappa shape index (κ2) is 5.68. The van der Waals surface area contributed by atoms with E-state index in [0.29, 0.717) is 0 Å². The van der Waals surface area contributed by atoms with Crippen molar-refractivity contribution in [3.63, 3.8) is 0 Å². The molecule has 0 unspecified atom stereocenters. The second-order valence-electron chi connectivity index (χ2n) is 5.82. The molecule has 1 aromatic rings. The van der Waals surface area contributed by atoms with Gasteiger partial charge < -0.3 is 4.48 Å². The molecule has 17 heavy (non-hydrogen) atoms. The number of benzene rings is 1. The van der Waals surface area contributed by atoms with Crippen molar-refractivity contribution in [2.45, 2.75) is 52.1 Å². The molecule has 0 spiro atoms. The molecule has 0 atom stereocenters. The van der Waals surface area contributed by atoms with Crippen LogP contribution >= 0.6 is 0 Å². The molecule has 0 radical (unpaired) electrons. The number of rotatable bonds is 3. The van der Waals surface area contributed by atoms with Crippen LogP contribution in [0.2, 0.25) is 0 Å². The highest BCUT2D eigenvalue weighted by Crippen LogP contribution is 2.25. The van der Waals surface area contributed by atoms with E-state index in [1.807, 2.05) is 0 Å². The van der Waals surface area contributed by atoms with Gasteiger partial charge in [0.1, 0.15) is 6.54 Å². The van der Waals surface area contributed by atoms with E-state index >= 15 is 0 Å². The SMILES string of the molecule is CC(C)[N+]1(Cc2ccccc2)CCCCCC1. The van der Waals surface area contributed by atoms with Crippen LogP contribution in [0.3, 0.4) is 0 Å². The molecule has 1 aromatic carbocycles. The Morgan fingerprint density at radius 2 is 1.53 bits per heavy atom. The summed E-state index contributed by atoms with van der Waals surface area (Å²) >= 11 is 0. The zero-order valence-corrected chi connectivity index (χ0v) is 11.4. The van der Waals surface area contributed by atoms with Crippen molar-refractivity contribution < 1.29 is 4.48 Å². The van der Waals surface area contributed by atoms with Gasteiger partial charge in [-0.1, -0.05) is 30.3 Å². The number of quaternary nitrogens is 1. The molecule has 0 aliphatic carbocycles. The topological polar surface area (TPSA) is 0 Å². The van der Waals surface area contributed by atoms with Gasteiger partial charge in [0.25, 0.3) is 0 Å². The highest BCUT2D eigenvalue weighted by molar-refractivity contribution is 5.13. The van der Waals surface area contributed by atoms with E-state index in [1.54, 1.807) is 0 Å². The summed E-state index contributed by atoms with van der Waals surface area (Å²) in [6.45, 7) is 8.75. The van der Waals surface area contributed by atoms with E-state index in [0.717, 1.165) is 6.04 Å². The third-order valence-electron chi connectivity index (χ3n) is 4.39. The van der Waals surface area contributed by atoms with Crippen molar-refractivity contribution >= 4 is 0 Å². The largest absolute Gasteiger partial charge is 0.318 e. The highest BCUT2D eigenvalue weighted by Gasteiger charge is 2.31. The molecule has 0 N–H and O–H groups in total. The molecule has 0 aromatic heterocycles. The Bertz CT molecular complexity index is 321. The van der Waals surface area contributed by atoms with Gasteiger partial charge in [0.05, 0.1) is 19.1 Å². The smallest absolute Gasteiger partial charge is 0.105 e. The first-order valence-electron chi connectivity index (χ1n) is 7.13. The summed E-state index contributed by atoms with van der Waals surface area (Å²) in [5.41, 5.74) is 1.50. The minimum Gasteiger partial charge on any atom is -0.318 e. The van der Waals surface area contributed by atoms with E-state index < -0.39 is 0 Å². The lowest BCUT2D eigenvalue weighted by Gasteiger charge is -2.42. The first-order chi connectivity index (χ1) is 8.23. The zero-order valence-electron chi connectivity index (χ0n) is 11.4. The van der Waals surface area contributed by atoms with Crippen LogP contribution in [0.25, 0.3) is 0 Å². The van der Waals surface area contributed by atoms with Crippen molar-refractivity contribution in [1.29, 1.82) is 0 Å². The van der Waals surface area contributed by atoms with Gasteiger partial charge in [-0.25, -0.2) is 0 Å². The lowest BCUT2D eigenvalue weighted by molar-refractivity contribution is -0.959. The molecule has 0 bridgehead atoms. The van der Waals surface area contributed by atoms with E-state index in [1.165, 1.54) is 55.4 Å². The maximum atomic E-state index is 2.40. The molecule has 2 rings (SSSR count). The van der Waals surface area contributed by atoms with Crippen LogP contribution in [-0.4, -0.2) is 23.6 Å². The quantitative estimate of drug-likeness (QED) is 0.691. The van der Waals surface area contributed by atoms with E-state index in [-0.39, 0.29) is 0 Å². The van der Waals surface area contributed by atoms with Crippen LogP contribution in [0.15, 0.2) is 30.3 Å². The molecular formula is C16H26N+. The maximum Gasteiger partial charge on any atom is 0.105 e. The van der Waals surface area contributed by atoms with Gasteiger partial charge in [0, 0.05) is 5.56 Å². The van der Waals surface area contributed by atoms with Gasteiger partial charge in [0.15, 0.2) is 0 Å². The van der Waals surface area contributed by atoms with Crippen molar-refractivity contribution in [3.8, 4) is 0 Å². The normalized spacial score (nSPS) is 20.2. The molecule has 1 fully saturated rings. The van der Waals surface area contributed by atoms with Gasteiger partial charge in [-0.3, -0.25) is 0 Å². The molecule has 1 nitrogen and oxygen atoms in total. The number of hydrogen-bond acceptors (Lipinski definition) is 0. The summed E-state index contributed by atoms with van der Waals surface area (Å²) in [4.78, 5) is 0. The van der Waals surface area contributed by atoms with Crippen molar-refractivity contribution in [3.05, 3.63) is 35.9 Å². The molecule has 1 aliphatic heterocycles. The van der Waals surface area contributed by atoms with Gasteiger partial charge in [-0.05, 0) is 39.5 Å². The summed E-state index contributed by atoms with van der Waals surface area (Å²) in [6.07, 6.45) is 5.68. The zero-order chi connectivity index (χ0) is 12.1. The first kappa shape index (κ1) is 12.6. The molecule has 1 heteroatoms. The Morgan fingerprint density at radius 1 is 0.941 bits per heavy atom. The predicted octanol–water partition coefficient (Wildman–Crippen LogP) is 3.99. The molecular weight excluding hydrogens is 206 g/mol. The first-order valence-corrected chi connectivity index (χ1v) is 7.13. The average Bonchev–Trinajstić information content (AvgIpc) is 2.57. The Kier molecular flexibility index (Phi) is 4.22. The summed E-state index contributed by atoms with van der Waals surface area (Å²) < 4.78 is 1.30. The number of nitrogens with zero attached hydrogens (tertiary/aromatic N) is 1. The summed E-state index contributed by atoms with van der Waals surface area (Å²) in [5.74, 6) is 0. The van der Waals surface area contributed by atoms with Gasteiger partial charge in [-0.2, -0.15) is 0 Å². The maximum absolute atomic E-state index is 2.40. The third-order valence-corrected chi connectivity index (χ3v) is 4.39. The Balaban J connectivity index is 2.16.